The van der Waals surface area contributed by atoms with Crippen molar-refractivity contribution in [3.63, 3.8) is 0 Å². The Hall–Kier alpha value is -2.95. The highest BCUT2D eigenvalue weighted by atomic mass is 16.5. The van der Waals surface area contributed by atoms with Gasteiger partial charge in [0.25, 0.3) is 0 Å². The van der Waals surface area contributed by atoms with Crippen molar-refractivity contribution in [1.82, 2.24) is 0 Å². The van der Waals surface area contributed by atoms with Crippen molar-refractivity contribution in [2.75, 3.05) is 18.2 Å². The zero-order valence-corrected chi connectivity index (χ0v) is 15.0. The van der Waals surface area contributed by atoms with Crippen molar-refractivity contribution in [3.05, 3.63) is 64.0 Å². The summed E-state index contributed by atoms with van der Waals surface area (Å²) < 4.78 is 17.0. The monoisotopic (exact) mass is 351 g/mol. The lowest BCUT2D eigenvalue weighted by Crippen LogP contribution is -2.32. The fraction of sp³-hybridized carbons (Fsp3) is 0.286. The second-order valence-corrected chi connectivity index (χ2v) is 6.26. The Labute approximate surface area is 151 Å². The molecule has 0 aliphatic carbocycles. The summed E-state index contributed by atoms with van der Waals surface area (Å²) in [6, 6.07) is 13.4. The molecule has 1 aliphatic heterocycles. The van der Waals surface area contributed by atoms with E-state index in [1.54, 1.807) is 6.07 Å². The molecule has 0 amide bonds. The molecule has 134 valence electrons. The van der Waals surface area contributed by atoms with Gasteiger partial charge in [0.2, 0.25) is 0 Å². The van der Waals surface area contributed by atoms with Crippen LogP contribution in [-0.2, 0) is 13.0 Å². The summed E-state index contributed by atoms with van der Waals surface area (Å²) in [5.41, 5.74) is 3.25. The summed E-state index contributed by atoms with van der Waals surface area (Å²) in [7, 11) is 0. The molecule has 0 radical (unpaired) electrons. The van der Waals surface area contributed by atoms with Gasteiger partial charge < -0.3 is 18.8 Å². The van der Waals surface area contributed by atoms with E-state index in [1.165, 1.54) is 0 Å². The van der Waals surface area contributed by atoms with Crippen molar-refractivity contribution < 1.29 is 13.9 Å². The van der Waals surface area contributed by atoms with Crippen LogP contribution in [-0.4, -0.2) is 13.3 Å². The fourth-order valence-electron chi connectivity index (χ4n) is 3.38. The number of aryl methyl sites for hydroxylation is 1. The van der Waals surface area contributed by atoms with E-state index >= 15 is 0 Å². The van der Waals surface area contributed by atoms with Crippen molar-refractivity contribution in [3.8, 4) is 11.5 Å². The summed E-state index contributed by atoms with van der Waals surface area (Å²) in [5.74, 6) is 1.62. The first kappa shape index (κ1) is 16.5. The van der Waals surface area contributed by atoms with Crippen LogP contribution in [0.3, 0.4) is 0 Å². The van der Waals surface area contributed by atoms with Gasteiger partial charge in [-0.05, 0) is 55.3 Å². The molecule has 0 saturated heterocycles. The average Bonchev–Trinajstić information content (AvgIpc) is 2.67. The van der Waals surface area contributed by atoms with Crippen LogP contribution in [0.4, 0.5) is 5.69 Å². The van der Waals surface area contributed by atoms with Crippen LogP contribution >= 0.6 is 0 Å². The van der Waals surface area contributed by atoms with E-state index in [9.17, 15) is 4.79 Å². The van der Waals surface area contributed by atoms with Gasteiger partial charge in [-0.25, -0.2) is 4.79 Å². The maximum atomic E-state index is 12.0. The Balaban J connectivity index is 1.73. The molecule has 5 heteroatoms. The Morgan fingerprint density at radius 2 is 1.92 bits per heavy atom. The van der Waals surface area contributed by atoms with Gasteiger partial charge in [-0.1, -0.05) is 6.92 Å². The number of hydrogen-bond donors (Lipinski definition) is 0. The van der Waals surface area contributed by atoms with Crippen molar-refractivity contribution >= 4 is 16.7 Å². The average molecular weight is 351 g/mol. The highest BCUT2D eigenvalue weighted by Gasteiger charge is 2.22. The SMILES string of the molecule is CCOc1ccc(N2COc3ccc4c(CC)cc(=O)oc4c3C2)cc1. The van der Waals surface area contributed by atoms with Gasteiger partial charge in [-0.15, -0.1) is 0 Å². The normalized spacial score (nSPS) is 13.4. The molecule has 0 bridgehead atoms. The zero-order valence-electron chi connectivity index (χ0n) is 15.0. The molecule has 1 aliphatic rings. The molecule has 5 nitrogen and oxygen atoms in total. The molecule has 1 aromatic heterocycles. The van der Waals surface area contributed by atoms with Crippen LogP contribution < -0.4 is 20.0 Å². The lowest BCUT2D eigenvalue weighted by molar-refractivity contribution is 0.289. The summed E-state index contributed by atoms with van der Waals surface area (Å²) in [6.45, 7) is 5.72. The number of rotatable bonds is 4. The third-order valence-electron chi connectivity index (χ3n) is 4.68. The fourth-order valence-corrected chi connectivity index (χ4v) is 3.38. The van der Waals surface area contributed by atoms with E-state index in [1.807, 2.05) is 50.2 Å². The van der Waals surface area contributed by atoms with E-state index in [2.05, 4.69) is 4.90 Å². The van der Waals surface area contributed by atoms with Crippen LogP contribution in [0.15, 0.2) is 51.7 Å². The summed E-state index contributed by atoms with van der Waals surface area (Å²) in [4.78, 5) is 14.1. The first-order chi connectivity index (χ1) is 12.7. The van der Waals surface area contributed by atoms with Crippen LogP contribution in [0.1, 0.15) is 25.0 Å². The molecule has 0 atom stereocenters. The molecule has 3 aromatic rings. The molecular formula is C21H21NO4. The topological polar surface area (TPSA) is 51.9 Å². The molecule has 2 heterocycles. The van der Waals surface area contributed by atoms with Gasteiger partial charge in [0, 0.05) is 17.1 Å². The maximum absolute atomic E-state index is 12.0. The first-order valence-electron chi connectivity index (χ1n) is 8.88. The molecule has 0 N–H and O–H groups in total. The van der Waals surface area contributed by atoms with Crippen LogP contribution in [0.25, 0.3) is 11.0 Å². The highest BCUT2D eigenvalue weighted by molar-refractivity contribution is 5.85. The van der Waals surface area contributed by atoms with Crippen molar-refractivity contribution in [1.29, 1.82) is 0 Å². The Morgan fingerprint density at radius 3 is 2.65 bits per heavy atom. The van der Waals surface area contributed by atoms with E-state index < -0.39 is 0 Å². The summed E-state index contributed by atoms with van der Waals surface area (Å²) in [6.07, 6.45) is 0.782. The van der Waals surface area contributed by atoms with Gasteiger partial charge in [0.1, 0.15) is 17.1 Å². The minimum absolute atomic E-state index is 0.319. The van der Waals surface area contributed by atoms with E-state index in [0.29, 0.717) is 25.5 Å². The Morgan fingerprint density at radius 1 is 1.12 bits per heavy atom. The molecule has 26 heavy (non-hydrogen) atoms. The molecule has 0 fully saturated rings. The predicted octanol–water partition coefficient (Wildman–Crippen LogP) is 4.11. The zero-order chi connectivity index (χ0) is 18.1. The lowest BCUT2D eigenvalue weighted by Gasteiger charge is -2.31. The van der Waals surface area contributed by atoms with Gasteiger partial charge >= 0.3 is 5.63 Å². The number of benzene rings is 2. The number of anilines is 1. The molecule has 0 unspecified atom stereocenters. The quantitative estimate of drug-likeness (QED) is 0.662. The summed E-state index contributed by atoms with van der Waals surface area (Å²) >= 11 is 0. The minimum Gasteiger partial charge on any atom is -0.494 e. The second kappa shape index (κ2) is 6.75. The molecular weight excluding hydrogens is 330 g/mol. The van der Waals surface area contributed by atoms with E-state index in [-0.39, 0.29) is 5.63 Å². The first-order valence-corrected chi connectivity index (χ1v) is 8.88. The predicted molar refractivity (Wildman–Crippen MR) is 101 cm³/mol. The molecule has 2 aromatic carbocycles. The molecule has 0 saturated carbocycles. The van der Waals surface area contributed by atoms with Crippen molar-refractivity contribution in [2.24, 2.45) is 0 Å². The van der Waals surface area contributed by atoms with Crippen LogP contribution in [0.5, 0.6) is 11.5 Å². The third kappa shape index (κ3) is 2.90. The maximum Gasteiger partial charge on any atom is 0.336 e. The van der Waals surface area contributed by atoms with Gasteiger partial charge in [-0.3, -0.25) is 0 Å². The van der Waals surface area contributed by atoms with Crippen molar-refractivity contribution in [2.45, 2.75) is 26.8 Å². The van der Waals surface area contributed by atoms with E-state index in [0.717, 1.165) is 40.1 Å². The van der Waals surface area contributed by atoms with Crippen LogP contribution in [0, 0.1) is 0 Å². The highest BCUT2D eigenvalue weighted by Crippen LogP contribution is 2.35. The van der Waals surface area contributed by atoms with Gasteiger partial charge in [0.05, 0.1) is 18.7 Å². The second-order valence-electron chi connectivity index (χ2n) is 6.26. The lowest BCUT2D eigenvalue weighted by atomic mass is 10.0. The number of ether oxygens (including phenoxy) is 2. The largest absolute Gasteiger partial charge is 0.494 e. The van der Waals surface area contributed by atoms with Gasteiger partial charge in [0.15, 0.2) is 6.73 Å². The molecule has 4 rings (SSSR count). The van der Waals surface area contributed by atoms with Crippen LogP contribution in [0.2, 0.25) is 0 Å². The van der Waals surface area contributed by atoms with E-state index in [4.69, 9.17) is 13.9 Å². The minimum atomic E-state index is -0.319. The Kier molecular flexibility index (Phi) is 4.29. The number of nitrogens with zero attached hydrogens (tertiary/aromatic N) is 1. The smallest absolute Gasteiger partial charge is 0.336 e. The third-order valence-corrected chi connectivity index (χ3v) is 4.68. The van der Waals surface area contributed by atoms with Gasteiger partial charge in [-0.2, -0.15) is 0 Å². The molecule has 0 spiro atoms. The number of fused-ring (bicyclic) bond motifs is 3. The Bertz CT molecular complexity index is 991. The number of hydrogen-bond acceptors (Lipinski definition) is 5. The summed E-state index contributed by atoms with van der Waals surface area (Å²) in [5, 5.41) is 0.975. The standard InChI is InChI=1S/C21H21NO4/c1-3-14-11-20(23)26-21-17(14)9-10-19-18(21)12-22(13-25-19)15-5-7-16(8-6-15)24-4-2/h5-11H,3-4,12-13H2,1-2H3.